The predicted octanol–water partition coefficient (Wildman–Crippen LogP) is 3.18. The number of nitrogens with two attached hydrogens (primary N) is 1. The van der Waals surface area contributed by atoms with Crippen LogP contribution in [-0.2, 0) is 4.84 Å². The van der Waals surface area contributed by atoms with Gasteiger partial charge < -0.3 is 25.4 Å². The summed E-state index contributed by atoms with van der Waals surface area (Å²) in [6, 6.07) is 10.9. The molecule has 2 aliphatic rings. The van der Waals surface area contributed by atoms with E-state index in [1.54, 1.807) is 0 Å². The van der Waals surface area contributed by atoms with E-state index in [2.05, 4.69) is 10.4 Å². The van der Waals surface area contributed by atoms with Crippen LogP contribution in [0.25, 0.3) is 0 Å². The second-order valence-corrected chi connectivity index (χ2v) is 6.65. The van der Waals surface area contributed by atoms with E-state index in [4.69, 9.17) is 20.0 Å². The van der Waals surface area contributed by atoms with Crippen LogP contribution < -0.4 is 20.5 Å². The minimum Gasteiger partial charge on any atom is -0.454 e. The zero-order valence-electron chi connectivity index (χ0n) is 15.8. The molecule has 0 saturated carbocycles. The van der Waals surface area contributed by atoms with Crippen molar-refractivity contribution in [3.05, 3.63) is 53.1 Å². The van der Waals surface area contributed by atoms with Crippen molar-refractivity contribution in [1.29, 1.82) is 0 Å². The maximum Gasteiger partial charge on any atom is 0.433 e. The number of benzene rings is 2. The highest BCUT2D eigenvalue weighted by Crippen LogP contribution is 2.41. The second-order valence-electron chi connectivity index (χ2n) is 6.65. The van der Waals surface area contributed by atoms with E-state index in [0.29, 0.717) is 29.4 Å². The molecule has 0 radical (unpaired) electrons. The third-order valence-electron chi connectivity index (χ3n) is 4.66. The minimum absolute atomic E-state index is 0.181. The number of hydrogen-bond acceptors (Lipinski definition) is 7. The van der Waals surface area contributed by atoms with Gasteiger partial charge in [0.05, 0.1) is 0 Å². The summed E-state index contributed by atoms with van der Waals surface area (Å²) in [6.07, 6.45) is 0.273. The first-order valence-corrected chi connectivity index (χ1v) is 9.20. The monoisotopic (exact) mass is 382 g/mol. The van der Waals surface area contributed by atoms with Crippen molar-refractivity contribution < 1.29 is 19.1 Å². The lowest BCUT2D eigenvalue weighted by Gasteiger charge is -2.31. The largest absolute Gasteiger partial charge is 0.454 e. The van der Waals surface area contributed by atoms with Crippen LogP contribution in [0.2, 0.25) is 0 Å². The van der Waals surface area contributed by atoms with E-state index >= 15 is 0 Å². The van der Waals surface area contributed by atoms with Crippen LogP contribution in [0.5, 0.6) is 11.5 Å². The fraction of sp³-hybridized carbons (Fsp3) is 0.300. The molecule has 2 aromatic carbocycles. The maximum absolute atomic E-state index is 12.1. The number of ether oxygens (including phenoxy) is 2. The lowest BCUT2D eigenvalue weighted by atomic mass is 9.92. The summed E-state index contributed by atoms with van der Waals surface area (Å²) in [7, 11) is 0. The summed E-state index contributed by atoms with van der Waals surface area (Å²) in [4.78, 5) is 17.6. The van der Waals surface area contributed by atoms with E-state index in [9.17, 15) is 4.79 Å². The molecule has 146 valence electrons. The summed E-state index contributed by atoms with van der Waals surface area (Å²) in [5.74, 6) is 1.34. The molecule has 0 saturated heterocycles. The Bertz CT molecular complexity index is 927. The number of anilines is 1. The molecule has 1 unspecified atom stereocenters. The second kappa shape index (κ2) is 7.30. The van der Waals surface area contributed by atoms with Gasteiger partial charge in [-0.05, 0) is 43.2 Å². The number of fused-ring (bicyclic) bond motifs is 2. The normalized spacial score (nSPS) is 17.0. The molecule has 0 aliphatic carbocycles. The fourth-order valence-corrected chi connectivity index (χ4v) is 3.16. The molecule has 2 aliphatic heterocycles. The third kappa shape index (κ3) is 3.28. The van der Waals surface area contributed by atoms with Gasteiger partial charge in [0.25, 0.3) is 0 Å². The Morgan fingerprint density at radius 1 is 1.29 bits per heavy atom. The van der Waals surface area contributed by atoms with Crippen molar-refractivity contribution in [1.82, 2.24) is 10.5 Å². The molecule has 0 spiro atoms. The van der Waals surface area contributed by atoms with Crippen molar-refractivity contribution in [3.8, 4) is 11.5 Å². The number of nitrogens with one attached hydrogen (secondary N) is 1. The van der Waals surface area contributed by atoms with Gasteiger partial charge >= 0.3 is 6.09 Å². The van der Waals surface area contributed by atoms with Crippen LogP contribution in [0.15, 0.2) is 41.5 Å². The molecular weight excluding hydrogens is 360 g/mol. The van der Waals surface area contributed by atoms with Gasteiger partial charge in [-0.1, -0.05) is 19.1 Å². The van der Waals surface area contributed by atoms with E-state index in [1.807, 2.05) is 50.2 Å². The number of carbonyl (C=O) groups excluding carboxylic acids is 1. The van der Waals surface area contributed by atoms with Gasteiger partial charge in [0.15, 0.2) is 11.5 Å². The Hall–Kier alpha value is -3.42. The van der Waals surface area contributed by atoms with Crippen LogP contribution in [0.1, 0.15) is 43.0 Å². The first-order valence-electron chi connectivity index (χ1n) is 9.20. The van der Waals surface area contributed by atoms with Crippen LogP contribution in [0.3, 0.4) is 0 Å². The maximum atomic E-state index is 12.1. The molecule has 8 nitrogen and oxygen atoms in total. The highest BCUT2D eigenvalue weighted by Gasteiger charge is 2.32. The lowest BCUT2D eigenvalue weighted by Crippen LogP contribution is -2.36. The number of nitrogens with zero attached hydrogens (tertiary/aromatic N) is 2. The first-order chi connectivity index (χ1) is 13.6. The fourth-order valence-electron chi connectivity index (χ4n) is 3.16. The van der Waals surface area contributed by atoms with E-state index < -0.39 is 6.09 Å². The van der Waals surface area contributed by atoms with Gasteiger partial charge in [-0.3, -0.25) is 0 Å². The molecule has 28 heavy (non-hydrogen) atoms. The zero-order valence-corrected chi connectivity index (χ0v) is 15.8. The molecule has 3 N–H and O–H groups in total. The van der Waals surface area contributed by atoms with Gasteiger partial charge in [-0.2, -0.15) is 0 Å². The number of amides is 1. The number of hydroxylamine groups is 1. The Morgan fingerprint density at radius 3 is 2.71 bits per heavy atom. The van der Waals surface area contributed by atoms with Crippen LogP contribution >= 0.6 is 0 Å². The molecule has 0 aromatic heterocycles. The van der Waals surface area contributed by atoms with Crippen molar-refractivity contribution in [2.75, 3.05) is 19.1 Å². The molecule has 2 heterocycles. The van der Waals surface area contributed by atoms with Crippen molar-refractivity contribution in [2.45, 2.75) is 26.3 Å². The SMILES string of the molecule is CCCNC(=O)ON1N=C(c2ccc(N)cc2)c2cc3c(cc2C1C)OCO3. The Balaban J connectivity index is 1.75. The van der Waals surface area contributed by atoms with Crippen LogP contribution in [0.4, 0.5) is 10.5 Å². The standard InChI is InChI=1S/C20H22N4O4/c1-3-8-22-20(25)28-24-12(2)15-9-17-18(27-11-26-17)10-16(15)19(23-24)13-4-6-14(21)7-5-13/h4-7,9-10,12H,3,8,11,21H2,1-2H3,(H,22,25). The molecule has 4 rings (SSSR count). The minimum atomic E-state index is -0.543. The van der Waals surface area contributed by atoms with Crippen LogP contribution in [-0.4, -0.2) is 30.3 Å². The van der Waals surface area contributed by atoms with Gasteiger partial charge in [-0.25, -0.2) is 4.79 Å². The third-order valence-corrected chi connectivity index (χ3v) is 4.66. The molecule has 2 aromatic rings. The van der Waals surface area contributed by atoms with Gasteiger partial charge in [-0.15, -0.1) is 10.3 Å². The first kappa shape index (κ1) is 18.0. The predicted molar refractivity (Wildman–Crippen MR) is 104 cm³/mol. The van der Waals surface area contributed by atoms with E-state index in [0.717, 1.165) is 23.1 Å². The summed E-state index contributed by atoms with van der Waals surface area (Å²) in [5.41, 5.74) is 9.82. The summed E-state index contributed by atoms with van der Waals surface area (Å²) < 4.78 is 11.1. The number of carbonyl (C=O) groups is 1. The highest BCUT2D eigenvalue weighted by atomic mass is 16.7. The number of nitrogen functional groups attached to an aromatic ring is 1. The highest BCUT2D eigenvalue weighted by molar-refractivity contribution is 6.14. The average molecular weight is 382 g/mol. The molecular formula is C20H22N4O4. The van der Waals surface area contributed by atoms with Crippen LogP contribution in [0, 0.1) is 0 Å². The quantitative estimate of drug-likeness (QED) is 0.788. The Labute approximate surface area is 162 Å². The zero-order chi connectivity index (χ0) is 19.7. The molecule has 8 heteroatoms. The lowest BCUT2D eigenvalue weighted by molar-refractivity contribution is -0.130. The summed E-state index contributed by atoms with van der Waals surface area (Å²) in [6.45, 7) is 4.60. The molecule has 1 atom stereocenters. The van der Waals surface area contributed by atoms with Crippen molar-refractivity contribution >= 4 is 17.5 Å². The number of rotatable bonds is 4. The summed E-state index contributed by atoms with van der Waals surface area (Å²) in [5, 5.41) is 8.62. The van der Waals surface area contributed by atoms with Gasteiger partial charge in [0.1, 0.15) is 11.8 Å². The van der Waals surface area contributed by atoms with Gasteiger partial charge in [0.2, 0.25) is 6.79 Å². The molecule has 0 bridgehead atoms. The van der Waals surface area contributed by atoms with Crippen molar-refractivity contribution in [2.24, 2.45) is 5.10 Å². The Kier molecular flexibility index (Phi) is 4.68. The smallest absolute Gasteiger partial charge is 0.433 e. The Morgan fingerprint density at radius 2 is 2.00 bits per heavy atom. The van der Waals surface area contributed by atoms with Crippen molar-refractivity contribution in [3.63, 3.8) is 0 Å². The molecule has 1 amide bonds. The topological polar surface area (TPSA) is 98.4 Å². The summed E-state index contributed by atoms with van der Waals surface area (Å²) >= 11 is 0. The van der Waals surface area contributed by atoms with Gasteiger partial charge in [0, 0.05) is 23.4 Å². The number of hydrazone groups is 1. The van der Waals surface area contributed by atoms with E-state index in [-0.39, 0.29) is 12.8 Å². The van der Waals surface area contributed by atoms with E-state index in [1.165, 1.54) is 5.17 Å². The molecule has 0 fully saturated rings. The average Bonchev–Trinajstić information content (AvgIpc) is 3.15. The number of hydrogen-bond donors (Lipinski definition) is 2.